The van der Waals surface area contributed by atoms with Crippen LogP contribution < -0.4 is 4.74 Å². The Labute approximate surface area is 105 Å². The van der Waals surface area contributed by atoms with Gasteiger partial charge in [-0.1, -0.05) is 18.2 Å². The van der Waals surface area contributed by atoms with Gasteiger partial charge in [0.1, 0.15) is 5.75 Å². The molecule has 0 bridgehead atoms. The van der Waals surface area contributed by atoms with Gasteiger partial charge in [-0.25, -0.2) is 4.79 Å². The van der Waals surface area contributed by atoms with Crippen LogP contribution in [0.1, 0.15) is 20.3 Å². The molecule has 0 spiro atoms. The third-order valence-electron chi connectivity index (χ3n) is 2.18. The van der Waals surface area contributed by atoms with E-state index in [-0.39, 0.29) is 6.61 Å². The Bertz CT molecular complexity index is 411. The Hall–Kier alpha value is -1.88. The molecule has 5 nitrogen and oxygen atoms in total. The molecule has 98 valence electrons. The Morgan fingerprint density at radius 3 is 2.44 bits per heavy atom. The minimum atomic E-state index is -1.87. The van der Waals surface area contributed by atoms with Crippen LogP contribution in [0.25, 0.3) is 0 Å². The predicted octanol–water partition coefficient (Wildman–Crippen LogP) is 1.30. The van der Waals surface area contributed by atoms with Crippen LogP contribution in [0.4, 0.5) is 0 Å². The molecule has 0 saturated heterocycles. The maximum Gasteiger partial charge on any atom is 0.338 e. The summed E-state index contributed by atoms with van der Waals surface area (Å²) in [4.78, 5) is 22.9. The molecule has 1 aromatic rings. The van der Waals surface area contributed by atoms with Crippen LogP contribution in [0.5, 0.6) is 5.75 Å². The van der Waals surface area contributed by atoms with E-state index in [1.807, 2.05) is 0 Å². The highest BCUT2D eigenvalue weighted by Gasteiger charge is 2.35. The zero-order valence-electron chi connectivity index (χ0n) is 10.4. The number of ether oxygens (including phenoxy) is 2. The maximum absolute atomic E-state index is 11.5. The quantitative estimate of drug-likeness (QED) is 0.631. The molecule has 1 atom stereocenters. The van der Waals surface area contributed by atoms with Gasteiger partial charge < -0.3 is 14.6 Å². The summed E-state index contributed by atoms with van der Waals surface area (Å²) in [5.74, 6) is -1.17. The Morgan fingerprint density at radius 1 is 1.28 bits per heavy atom. The second kappa shape index (κ2) is 6.16. The first-order chi connectivity index (χ1) is 8.45. The topological polar surface area (TPSA) is 72.8 Å². The van der Waals surface area contributed by atoms with E-state index < -0.39 is 24.0 Å². The first kappa shape index (κ1) is 14.2. The summed E-state index contributed by atoms with van der Waals surface area (Å²) < 4.78 is 9.63. The van der Waals surface area contributed by atoms with Gasteiger partial charge in [-0.15, -0.1) is 0 Å². The van der Waals surface area contributed by atoms with Crippen LogP contribution in [-0.2, 0) is 14.3 Å². The van der Waals surface area contributed by atoms with Crippen molar-refractivity contribution in [3.8, 4) is 5.75 Å². The third kappa shape index (κ3) is 4.18. The van der Waals surface area contributed by atoms with Crippen molar-refractivity contribution in [1.29, 1.82) is 0 Å². The number of para-hydroxylation sites is 1. The number of aliphatic hydroxyl groups is 1. The molecule has 0 heterocycles. The lowest BCUT2D eigenvalue weighted by Crippen LogP contribution is -2.40. The number of hydrogen-bond acceptors (Lipinski definition) is 5. The molecule has 1 N–H and O–H groups in total. The molecule has 0 amide bonds. The summed E-state index contributed by atoms with van der Waals surface area (Å²) in [7, 11) is 0. The highest BCUT2D eigenvalue weighted by Crippen LogP contribution is 2.15. The number of hydrogen-bond donors (Lipinski definition) is 1. The van der Waals surface area contributed by atoms with Crippen LogP contribution in [0.15, 0.2) is 30.3 Å². The SMILES string of the molecule is CCOC(=O)C(C)(O)CC(=O)Oc1ccccc1. The van der Waals surface area contributed by atoms with Crippen LogP contribution in [0.2, 0.25) is 0 Å². The third-order valence-corrected chi connectivity index (χ3v) is 2.18. The molecule has 1 rings (SSSR count). The van der Waals surface area contributed by atoms with E-state index >= 15 is 0 Å². The van der Waals surface area contributed by atoms with Crippen LogP contribution >= 0.6 is 0 Å². The van der Waals surface area contributed by atoms with Gasteiger partial charge in [-0.3, -0.25) is 4.79 Å². The summed E-state index contributed by atoms with van der Waals surface area (Å²) in [6.07, 6.45) is -0.458. The monoisotopic (exact) mass is 252 g/mol. The predicted molar refractivity (Wildman–Crippen MR) is 64.0 cm³/mol. The lowest BCUT2D eigenvalue weighted by molar-refractivity contribution is -0.167. The molecule has 0 fully saturated rings. The summed E-state index contributed by atoms with van der Waals surface area (Å²) in [5, 5.41) is 9.79. The van der Waals surface area contributed by atoms with Crippen LogP contribution in [0, 0.1) is 0 Å². The molecule has 0 aromatic heterocycles. The first-order valence-electron chi connectivity index (χ1n) is 5.61. The van der Waals surface area contributed by atoms with Gasteiger partial charge in [0, 0.05) is 0 Å². The fourth-order valence-corrected chi connectivity index (χ4v) is 1.30. The number of rotatable bonds is 5. The zero-order chi connectivity index (χ0) is 13.6. The van der Waals surface area contributed by atoms with E-state index in [9.17, 15) is 14.7 Å². The van der Waals surface area contributed by atoms with Crippen molar-refractivity contribution in [3.63, 3.8) is 0 Å². The fraction of sp³-hybridized carbons (Fsp3) is 0.385. The molecule has 0 aliphatic heterocycles. The van der Waals surface area contributed by atoms with Crippen LogP contribution in [-0.4, -0.2) is 29.3 Å². The highest BCUT2D eigenvalue weighted by molar-refractivity contribution is 5.85. The molecule has 1 aromatic carbocycles. The van der Waals surface area contributed by atoms with E-state index in [1.54, 1.807) is 37.3 Å². The van der Waals surface area contributed by atoms with Crippen LogP contribution in [0.3, 0.4) is 0 Å². The molecule has 1 unspecified atom stereocenters. The Kier molecular flexibility index (Phi) is 4.85. The average molecular weight is 252 g/mol. The molecule has 0 aliphatic carbocycles. The van der Waals surface area contributed by atoms with Gasteiger partial charge in [-0.2, -0.15) is 0 Å². The molecular formula is C13H16O5. The molecule has 18 heavy (non-hydrogen) atoms. The maximum atomic E-state index is 11.5. The van der Waals surface area contributed by atoms with Crippen molar-refractivity contribution in [1.82, 2.24) is 0 Å². The highest BCUT2D eigenvalue weighted by atomic mass is 16.6. The van der Waals surface area contributed by atoms with Gasteiger partial charge in [-0.05, 0) is 26.0 Å². The van der Waals surface area contributed by atoms with E-state index in [1.165, 1.54) is 6.92 Å². The van der Waals surface area contributed by atoms with E-state index in [0.717, 1.165) is 0 Å². The minimum Gasteiger partial charge on any atom is -0.464 e. The molecule has 5 heteroatoms. The summed E-state index contributed by atoms with van der Waals surface area (Å²) in [5.41, 5.74) is -1.87. The second-order valence-electron chi connectivity index (χ2n) is 3.96. The van der Waals surface area contributed by atoms with Gasteiger partial charge in [0.05, 0.1) is 13.0 Å². The largest absolute Gasteiger partial charge is 0.464 e. The molecular weight excluding hydrogens is 236 g/mol. The van der Waals surface area contributed by atoms with E-state index in [0.29, 0.717) is 5.75 Å². The van der Waals surface area contributed by atoms with Crippen molar-refractivity contribution >= 4 is 11.9 Å². The summed E-state index contributed by atoms with van der Waals surface area (Å²) in [6.45, 7) is 2.98. The normalized spacial score (nSPS) is 13.5. The second-order valence-corrected chi connectivity index (χ2v) is 3.96. The summed E-state index contributed by atoms with van der Waals surface area (Å²) in [6, 6.07) is 8.43. The van der Waals surface area contributed by atoms with Gasteiger partial charge >= 0.3 is 11.9 Å². The smallest absolute Gasteiger partial charge is 0.338 e. The number of esters is 2. The number of carbonyl (C=O) groups excluding carboxylic acids is 2. The summed E-state index contributed by atoms with van der Waals surface area (Å²) >= 11 is 0. The van der Waals surface area contributed by atoms with Gasteiger partial charge in [0.15, 0.2) is 5.60 Å². The van der Waals surface area contributed by atoms with Crippen molar-refractivity contribution in [3.05, 3.63) is 30.3 Å². The number of benzene rings is 1. The van der Waals surface area contributed by atoms with Crippen molar-refractivity contribution < 1.29 is 24.2 Å². The minimum absolute atomic E-state index is 0.142. The van der Waals surface area contributed by atoms with Gasteiger partial charge in [0.25, 0.3) is 0 Å². The first-order valence-corrected chi connectivity index (χ1v) is 5.61. The fourth-order valence-electron chi connectivity index (χ4n) is 1.30. The van der Waals surface area contributed by atoms with E-state index in [2.05, 4.69) is 4.74 Å². The Morgan fingerprint density at radius 2 is 1.89 bits per heavy atom. The lowest BCUT2D eigenvalue weighted by Gasteiger charge is -2.19. The molecule has 0 radical (unpaired) electrons. The standard InChI is InChI=1S/C13H16O5/c1-3-17-12(15)13(2,16)9-11(14)18-10-7-5-4-6-8-10/h4-8,16H,3,9H2,1-2H3. The molecule has 0 saturated carbocycles. The lowest BCUT2D eigenvalue weighted by atomic mass is 10.0. The average Bonchev–Trinajstić information content (AvgIpc) is 2.29. The van der Waals surface area contributed by atoms with Crippen molar-refractivity contribution in [2.75, 3.05) is 6.61 Å². The van der Waals surface area contributed by atoms with Gasteiger partial charge in [0.2, 0.25) is 0 Å². The van der Waals surface area contributed by atoms with E-state index in [4.69, 9.17) is 4.74 Å². The zero-order valence-corrected chi connectivity index (χ0v) is 10.4. The molecule has 0 aliphatic rings. The Balaban J connectivity index is 2.56. The van der Waals surface area contributed by atoms with Crippen molar-refractivity contribution in [2.24, 2.45) is 0 Å². The number of carbonyl (C=O) groups is 2. The van der Waals surface area contributed by atoms with Crippen molar-refractivity contribution in [2.45, 2.75) is 25.9 Å².